The quantitative estimate of drug-likeness (QED) is 0.386. The minimum atomic E-state index is -0.296. The van der Waals surface area contributed by atoms with Crippen molar-refractivity contribution in [2.75, 3.05) is 24.4 Å². The van der Waals surface area contributed by atoms with Gasteiger partial charge in [0.1, 0.15) is 0 Å². The van der Waals surface area contributed by atoms with Crippen LogP contribution in [0.1, 0.15) is 38.2 Å². The van der Waals surface area contributed by atoms with Gasteiger partial charge in [0.05, 0.1) is 25.1 Å². The van der Waals surface area contributed by atoms with E-state index in [1.165, 1.54) is 6.08 Å². The molecule has 1 aliphatic rings. The molecule has 1 aliphatic carbocycles. The summed E-state index contributed by atoms with van der Waals surface area (Å²) >= 11 is 0. The minimum absolute atomic E-state index is 0.0590. The Kier molecular flexibility index (Phi) is 8.49. The van der Waals surface area contributed by atoms with E-state index in [0.29, 0.717) is 35.9 Å². The molecule has 2 amide bonds. The van der Waals surface area contributed by atoms with Crippen molar-refractivity contribution < 1.29 is 19.1 Å². The van der Waals surface area contributed by atoms with Gasteiger partial charge in [-0.1, -0.05) is 37.3 Å². The first kappa shape index (κ1) is 23.1. The van der Waals surface area contributed by atoms with Crippen LogP contribution in [-0.4, -0.2) is 25.5 Å². The van der Waals surface area contributed by atoms with E-state index in [1.54, 1.807) is 25.3 Å². The summed E-state index contributed by atoms with van der Waals surface area (Å²) < 4.78 is 11.0. The van der Waals surface area contributed by atoms with E-state index in [1.807, 2.05) is 37.3 Å². The molecule has 2 aromatic rings. The number of nitrogens with one attached hydrogen (secondary N) is 2. The normalized spacial score (nSPS) is 15.0. The zero-order chi connectivity index (χ0) is 22.8. The molecule has 0 saturated heterocycles. The van der Waals surface area contributed by atoms with Crippen molar-refractivity contribution in [3.63, 3.8) is 0 Å². The van der Waals surface area contributed by atoms with Crippen molar-refractivity contribution in [2.24, 2.45) is 5.92 Å². The number of allylic oxidation sites excluding steroid dienone is 2. The molecule has 0 saturated carbocycles. The van der Waals surface area contributed by atoms with E-state index in [9.17, 15) is 9.59 Å². The number of benzene rings is 2. The highest BCUT2D eigenvalue weighted by molar-refractivity contribution is 6.05. The van der Waals surface area contributed by atoms with E-state index in [4.69, 9.17) is 9.47 Å². The van der Waals surface area contributed by atoms with E-state index in [-0.39, 0.29) is 17.7 Å². The third-order valence-electron chi connectivity index (χ3n) is 5.10. The first-order valence-corrected chi connectivity index (χ1v) is 10.9. The third-order valence-corrected chi connectivity index (χ3v) is 5.10. The second-order valence-corrected chi connectivity index (χ2v) is 7.64. The zero-order valence-corrected chi connectivity index (χ0v) is 18.6. The molecule has 0 aromatic heterocycles. The van der Waals surface area contributed by atoms with Gasteiger partial charge >= 0.3 is 0 Å². The summed E-state index contributed by atoms with van der Waals surface area (Å²) in [6.45, 7) is 2.65. The van der Waals surface area contributed by atoms with Crippen LogP contribution in [0, 0.1) is 5.92 Å². The van der Waals surface area contributed by atoms with Crippen molar-refractivity contribution in [3.05, 3.63) is 66.3 Å². The number of ether oxygens (including phenoxy) is 2. The Bertz CT molecular complexity index is 997. The number of rotatable bonds is 10. The Morgan fingerprint density at radius 2 is 1.88 bits per heavy atom. The molecule has 32 heavy (non-hydrogen) atoms. The van der Waals surface area contributed by atoms with Crippen LogP contribution in [0.15, 0.2) is 60.7 Å². The molecule has 1 atom stereocenters. The standard InChI is InChI=1S/C26H30N2O4/c1-3-16-32-23-14-12-20(17-24(23)31-2)13-15-25(29)27-21-10-6-7-11-22(21)28-26(30)18-19-8-4-5-9-19/h4,6-8,10-15,17,19H,3,5,9,16,18H2,1-2H3,(H,27,29)(H,28,30)/b15-13+. The van der Waals surface area contributed by atoms with E-state index < -0.39 is 0 Å². The van der Waals surface area contributed by atoms with Gasteiger partial charge in [0, 0.05) is 12.5 Å². The van der Waals surface area contributed by atoms with Crippen molar-refractivity contribution in [1.82, 2.24) is 0 Å². The maximum atomic E-state index is 12.5. The average Bonchev–Trinajstić information content (AvgIpc) is 3.30. The number of carbonyl (C=O) groups is 2. The first-order chi connectivity index (χ1) is 15.6. The molecule has 168 valence electrons. The fourth-order valence-electron chi connectivity index (χ4n) is 3.47. The molecule has 0 heterocycles. The summed E-state index contributed by atoms with van der Waals surface area (Å²) in [5.41, 5.74) is 1.95. The summed E-state index contributed by atoms with van der Waals surface area (Å²) in [7, 11) is 1.59. The summed E-state index contributed by atoms with van der Waals surface area (Å²) in [6, 6.07) is 12.7. The number of anilines is 2. The highest BCUT2D eigenvalue weighted by Crippen LogP contribution is 2.29. The van der Waals surface area contributed by atoms with Gasteiger partial charge in [-0.2, -0.15) is 0 Å². The van der Waals surface area contributed by atoms with Crippen LogP contribution < -0.4 is 20.1 Å². The summed E-state index contributed by atoms with van der Waals surface area (Å²) in [5, 5.41) is 5.75. The molecule has 6 heteroatoms. The van der Waals surface area contributed by atoms with Gasteiger partial charge < -0.3 is 20.1 Å². The average molecular weight is 435 g/mol. The molecule has 6 nitrogen and oxygen atoms in total. The van der Waals surface area contributed by atoms with Crippen LogP contribution in [0.4, 0.5) is 11.4 Å². The number of para-hydroxylation sites is 2. The Balaban J connectivity index is 1.61. The fourth-order valence-corrected chi connectivity index (χ4v) is 3.47. The Labute approximate surface area is 189 Å². The lowest BCUT2D eigenvalue weighted by Gasteiger charge is -2.13. The molecule has 2 aromatic carbocycles. The van der Waals surface area contributed by atoms with Crippen LogP contribution in [-0.2, 0) is 9.59 Å². The van der Waals surface area contributed by atoms with Crippen LogP contribution >= 0.6 is 0 Å². The lowest BCUT2D eigenvalue weighted by Crippen LogP contribution is -2.17. The van der Waals surface area contributed by atoms with E-state index >= 15 is 0 Å². The SMILES string of the molecule is CCCOc1ccc(/C=C/C(=O)Nc2ccccc2NC(=O)CC2C=CCC2)cc1OC. The molecule has 0 bridgehead atoms. The maximum Gasteiger partial charge on any atom is 0.248 e. The highest BCUT2D eigenvalue weighted by Gasteiger charge is 2.15. The second-order valence-electron chi connectivity index (χ2n) is 7.64. The van der Waals surface area contributed by atoms with Gasteiger partial charge in [-0.15, -0.1) is 0 Å². The number of hydrogen-bond donors (Lipinski definition) is 2. The molecule has 0 aliphatic heterocycles. The smallest absolute Gasteiger partial charge is 0.248 e. The molecular formula is C26H30N2O4. The predicted molar refractivity (Wildman–Crippen MR) is 128 cm³/mol. The lowest BCUT2D eigenvalue weighted by molar-refractivity contribution is -0.117. The Morgan fingerprint density at radius 1 is 1.09 bits per heavy atom. The Morgan fingerprint density at radius 3 is 2.56 bits per heavy atom. The number of methoxy groups -OCH3 is 1. The topological polar surface area (TPSA) is 76.7 Å². The van der Waals surface area contributed by atoms with Gasteiger partial charge in [0.15, 0.2) is 11.5 Å². The van der Waals surface area contributed by atoms with Crippen molar-refractivity contribution >= 4 is 29.3 Å². The molecular weight excluding hydrogens is 404 g/mol. The summed E-state index contributed by atoms with van der Waals surface area (Å²) in [6.07, 6.45) is 10.7. The number of hydrogen-bond acceptors (Lipinski definition) is 4. The van der Waals surface area contributed by atoms with Crippen molar-refractivity contribution in [2.45, 2.75) is 32.6 Å². The third kappa shape index (κ3) is 6.74. The summed E-state index contributed by atoms with van der Waals surface area (Å²) in [4.78, 5) is 24.9. The second kappa shape index (κ2) is 11.7. The van der Waals surface area contributed by atoms with Gasteiger partial charge in [-0.05, 0) is 61.1 Å². The van der Waals surface area contributed by atoms with E-state index in [2.05, 4.69) is 22.8 Å². The van der Waals surface area contributed by atoms with Gasteiger partial charge in [-0.25, -0.2) is 0 Å². The molecule has 2 N–H and O–H groups in total. The van der Waals surface area contributed by atoms with Crippen LogP contribution in [0.3, 0.4) is 0 Å². The minimum Gasteiger partial charge on any atom is -0.493 e. The zero-order valence-electron chi connectivity index (χ0n) is 18.6. The van der Waals surface area contributed by atoms with Crippen molar-refractivity contribution in [1.29, 1.82) is 0 Å². The van der Waals surface area contributed by atoms with E-state index in [0.717, 1.165) is 24.8 Å². The van der Waals surface area contributed by atoms with Gasteiger partial charge in [0.2, 0.25) is 11.8 Å². The molecule has 0 spiro atoms. The number of amides is 2. The predicted octanol–water partition coefficient (Wildman–Crippen LogP) is 5.43. The largest absolute Gasteiger partial charge is 0.493 e. The van der Waals surface area contributed by atoms with Gasteiger partial charge in [0.25, 0.3) is 0 Å². The van der Waals surface area contributed by atoms with Gasteiger partial charge in [-0.3, -0.25) is 9.59 Å². The van der Waals surface area contributed by atoms with Crippen LogP contribution in [0.2, 0.25) is 0 Å². The monoisotopic (exact) mass is 434 g/mol. The maximum absolute atomic E-state index is 12.5. The molecule has 3 rings (SSSR count). The van der Waals surface area contributed by atoms with Crippen LogP contribution in [0.5, 0.6) is 11.5 Å². The number of carbonyl (C=O) groups excluding carboxylic acids is 2. The van der Waals surface area contributed by atoms with Crippen molar-refractivity contribution in [3.8, 4) is 11.5 Å². The summed E-state index contributed by atoms with van der Waals surface area (Å²) in [5.74, 6) is 1.22. The van der Waals surface area contributed by atoms with Crippen LogP contribution in [0.25, 0.3) is 6.08 Å². The first-order valence-electron chi connectivity index (χ1n) is 10.9. The molecule has 0 fully saturated rings. The lowest BCUT2D eigenvalue weighted by atomic mass is 10.0. The Hall–Kier alpha value is -3.54. The fraction of sp³-hybridized carbons (Fsp3) is 0.308. The molecule has 0 radical (unpaired) electrons. The molecule has 1 unspecified atom stereocenters. The highest BCUT2D eigenvalue weighted by atomic mass is 16.5.